The molecule has 3 saturated heterocycles. The van der Waals surface area contributed by atoms with Crippen LogP contribution in [0.2, 0.25) is 0 Å². The van der Waals surface area contributed by atoms with E-state index in [1.807, 2.05) is 18.2 Å². The number of rotatable bonds is 25. The normalized spacial score (nSPS) is 19.7. The second-order valence-electron chi connectivity index (χ2n) is 19.0. The predicted molar refractivity (Wildman–Crippen MR) is 257 cm³/mol. The zero-order valence-electron chi connectivity index (χ0n) is 38.5. The molecule has 1 unspecified atom stereocenters. The molecule has 1 saturated carbocycles. The lowest BCUT2D eigenvalue weighted by molar-refractivity contribution is 0.0416. The van der Waals surface area contributed by atoms with Gasteiger partial charge in [0.1, 0.15) is 10.6 Å². The van der Waals surface area contributed by atoms with Crippen LogP contribution in [-0.4, -0.2) is 116 Å². The molecule has 0 spiro atoms. The average Bonchev–Trinajstić information content (AvgIpc) is 4.16. The highest BCUT2D eigenvalue weighted by molar-refractivity contribution is 7.91. The lowest BCUT2D eigenvalue weighted by Crippen LogP contribution is -2.55. The van der Waals surface area contributed by atoms with Gasteiger partial charge in [-0.25, -0.2) is 8.42 Å². The highest BCUT2D eigenvalue weighted by Crippen LogP contribution is 2.39. The third kappa shape index (κ3) is 13.3. The molecule has 1 aliphatic carbocycles. The van der Waals surface area contributed by atoms with Gasteiger partial charge >= 0.3 is 0 Å². The smallest absolute Gasteiger partial charge is 0.210 e. The number of benzene rings is 2. The summed E-state index contributed by atoms with van der Waals surface area (Å²) in [4.78, 5) is 16.2. The first-order valence-electron chi connectivity index (χ1n) is 25.0. The molecule has 0 amide bonds. The second-order valence-corrected chi connectivity index (χ2v) is 22.3. The molecule has 62 heavy (non-hydrogen) atoms. The Balaban J connectivity index is 0.878. The average molecular weight is 890 g/mol. The maximum Gasteiger partial charge on any atom is 0.210 e. The molecule has 3 aromatic rings. The SMILES string of the molecule is CCCCCCCCCCCCCCCCCCOc1ccc(S(=O)(=O)c2cnc3ccc(S(C)=O)cc3c2N2CCC(N3CCC(N4CCN(C5CC5)CC4)CC3)CC2)cc1. The predicted octanol–water partition coefficient (Wildman–Crippen LogP) is 10.7. The molecule has 0 bridgehead atoms. The van der Waals surface area contributed by atoms with Crippen LogP contribution in [0.4, 0.5) is 5.69 Å². The Bertz CT molecular complexity index is 1930. The molecule has 0 radical (unpaired) electrons. The number of aromatic nitrogens is 1. The van der Waals surface area contributed by atoms with Crippen LogP contribution in [-0.2, 0) is 20.6 Å². The maximum atomic E-state index is 14.5. The van der Waals surface area contributed by atoms with Crippen molar-refractivity contribution in [3.63, 3.8) is 0 Å². The Hall–Kier alpha value is -2.57. The highest BCUT2D eigenvalue weighted by Gasteiger charge is 2.36. The number of piperazine rings is 1. The molecule has 4 heterocycles. The van der Waals surface area contributed by atoms with Crippen LogP contribution in [0.15, 0.2) is 63.3 Å². The number of anilines is 1. The van der Waals surface area contributed by atoms with Crippen molar-refractivity contribution in [2.45, 2.75) is 181 Å². The Morgan fingerprint density at radius 3 is 1.61 bits per heavy atom. The van der Waals surface area contributed by atoms with E-state index in [4.69, 9.17) is 4.74 Å². The number of unbranched alkanes of at least 4 members (excludes halogenated alkanes) is 15. The van der Waals surface area contributed by atoms with Crippen LogP contribution in [0.3, 0.4) is 0 Å². The molecule has 1 aromatic heterocycles. The van der Waals surface area contributed by atoms with Gasteiger partial charge in [-0.15, -0.1) is 0 Å². The molecular weight excluding hydrogens is 811 g/mol. The molecular formula is C51H79N5O4S2. The van der Waals surface area contributed by atoms with E-state index in [9.17, 15) is 12.6 Å². The zero-order chi connectivity index (χ0) is 43.2. The van der Waals surface area contributed by atoms with Crippen molar-refractivity contribution in [3.05, 3.63) is 48.7 Å². The molecule has 0 N–H and O–H groups in total. The second kappa shape index (κ2) is 24.1. The largest absolute Gasteiger partial charge is 0.494 e. The summed E-state index contributed by atoms with van der Waals surface area (Å²) in [5.41, 5.74) is 1.40. The number of likely N-dealkylation sites (tertiary alicyclic amines) is 1. The topological polar surface area (TPSA) is 86.3 Å². The number of fused-ring (bicyclic) bond motifs is 1. The van der Waals surface area contributed by atoms with Gasteiger partial charge in [0.15, 0.2) is 0 Å². The van der Waals surface area contributed by atoms with Crippen LogP contribution < -0.4 is 9.64 Å². The number of nitrogens with zero attached hydrogens (tertiary/aromatic N) is 5. The number of hydrogen-bond donors (Lipinski definition) is 0. The van der Waals surface area contributed by atoms with Gasteiger partial charge in [0, 0.05) is 90.9 Å². The van der Waals surface area contributed by atoms with Crippen LogP contribution >= 0.6 is 0 Å². The summed E-state index contributed by atoms with van der Waals surface area (Å²) in [6.07, 6.45) is 31.8. The van der Waals surface area contributed by atoms with Gasteiger partial charge in [-0.2, -0.15) is 0 Å². The first-order chi connectivity index (χ1) is 30.3. The van der Waals surface area contributed by atoms with E-state index in [2.05, 4.69) is 31.5 Å². The highest BCUT2D eigenvalue weighted by atomic mass is 32.2. The van der Waals surface area contributed by atoms with Crippen molar-refractivity contribution in [2.24, 2.45) is 0 Å². The van der Waals surface area contributed by atoms with Gasteiger partial charge in [-0.05, 0) is 100 Å². The summed E-state index contributed by atoms with van der Waals surface area (Å²) in [6, 6.07) is 14.6. The van der Waals surface area contributed by atoms with E-state index in [-0.39, 0.29) is 9.79 Å². The van der Waals surface area contributed by atoms with Gasteiger partial charge in [0.2, 0.25) is 9.84 Å². The lowest BCUT2D eigenvalue weighted by atomic mass is 9.96. The van der Waals surface area contributed by atoms with Crippen molar-refractivity contribution in [1.82, 2.24) is 19.7 Å². The van der Waals surface area contributed by atoms with Crippen molar-refractivity contribution >= 4 is 37.2 Å². The van der Waals surface area contributed by atoms with Crippen molar-refractivity contribution < 1.29 is 17.4 Å². The van der Waals surface area contributed by atoms with Gasteiger partial charge < -0.3 is 14.5 Å². The first kappa shape index (κ1) is 47.4. The van der Waals surface area contributed by atoms with Gasteiger partial charge in [-0.3, -0.25) is 19.0 Å². The molecule has 2 aromatic carbocycles. The number of hydrogen-bond acceptors (Lipinski definition) is 9. The minimum Gasteiger partial charge on any atom is -0.494 e. The number of sulfone groups is 1. The van der Waals surface area contributed by atoms with E-state index in [1.54, 1.807) is 36.7 Å². The number of pyridine rings is 1. The third-order valence-electron chi connectivity index (χ3n) is 14.5. The van der Waals surface area contributed by atoms with E-state index in [0.717, 1.165) is 63.3 Å². The Kier molecular flexibility index (Phi) is 18.4. The van der Waals surface area contributed by atoms with Gasteiger partial charge in [0.25, 0.3) is 0 Å². The Morgan fingerprint density at radius 1 is 0.613 bits per heavy atom. The quantitative estimate of drug-likeness (QED) is 0.0772. The van der Waals surface area contributed by atoms with Crippen molar-refractivity contribution in [2.75, 3.05) is 70.1 Å². The maximum absolute atomic E-state index is 14.5. The summed E-state index contributed by atoms with van der Waals surface area (Å²) < 4.78 is 47.8. The van der Waals surface area contributed by atoms with Gasteiger partial charge in [-0.1, -0.05) is 103 Å². The van der Waals surface area contributed by atoms with Crippen LogP contribution in [0.5, 0.6) is 5.75 Å². The zero-order valence-corrected chi connectivity index (χ0v) is 40.1. The summed E-state index contributed by atoms with van der Waals surface area (Å²) in [5.74, 6) is 0.694. The molecule has 4 aliphatic rings. The standard InChI is InChI=1S/C51H79N5O4S2/c1-3-4-5-6-7-8-9-10-11-12-13-14-15-16-17-18-39-60-45-21-24-47(25-22-45)62(58,59)50-41-52-49-26-23-46(61(2)57)40-48(49)51(50)56-33-29-43(30-34-56)53-31-27-44(28-32-53)55-37-35-54(36-38-55)42-19-20-42/h21-26,40-44H,3-20,27-39H2,1-2H3. The Labute approximate surface area is 378 Å². The van der Waals surface area contributed by atoms with E-state index in [0.29, 0.717) is 40.5 Å². The third-order valence-corrected chi connectivity index (χ3v) is 17.2. The molecule has 7 rings (SSSR count). The molecule has 344 valence electrons. The summed E-state index contributed by atoms with van der Waals surface area (Å²) in [5, 5.41) is 0.749. The first-order valence-corrected chi connectivity index (χ1v) is 28.1. The number of ether oxygens (including phenoxy) is 1. The molecule has 3 aliphatic heterocycles. The van der Waals surface area contributed by atoms with Crippen LogP contribution in [0.25, 0.3) is 10.9 Å². The van der Waals surface area contributed by atoms with Crippen molar-refractivity contribution in [1.29, 1.82) is 0 Å². The van der Waals surface area contributed by atoms with E-state index >= 15 is 0 Å². The Morgan fingerprint density at radius 2 is 1.10 bits per heavy atom. The summed E-state index contributed by atoms with van der Waals surface area (Å²) in [7, 11) is -5.13. The monoisotopic (exact) mass is 890 g/mol. The van der Waals surface area contributed by atoms with Crippen LogP contribution in [0.1, 0.15) is 148 Å². The summed E-state index contributed by atoms with van der Waals surface area (Å²) in [6.45, 7) is 11.6. The van der Waals surface area contributed by atoms with Crippen molar-refractivity contribution in [3.8, 4) is 5.75 Å². The fourth-order valence-electron chi connectivity index (χ4n) is 10.5. The summed E-state index contributed by atoms with van der Waals surface area (Å²) >= 11 is 0. The van der Waals surface area contributed by atoms with E-state index in [1.165, 1.54) is 142 Å². The lowest BCUT2D eigenvalue weighted by Gasteiger charge is -2.46. The fourth-order valence-corrected chi connectivity index (χ4v) is 12.5. The fraction of sp³-hybridized carbons (Fsp3) is 0.706. The molecule has 9 nitrogen and oxygen atoms in total. The van der Waals surface area contributed by atoms with Crippen LogP contribution in [0, 0.1) is 0 Å². The molecule has 4 fully saturated rings. The number of piperidine rings is 2. The molecule has 1 atom stereocenters. The molecule has 11 heteroatoms. The minimum atomic E-state index is -3.92. The van der Waals surface area contributed by atoms with E-state index < -0.39 is 20.6 Å². The minimum absolute atomic E-state index is 0.215. The van der Waals surface area contributed by atoms with Gasteiger partial charge in [0.05, 0.1) is 22.7 Å².